The number of aromatic nitrogens is 2. The summed E-state index contributed by atoms with van der Waals surface area (Å²) in [5.41, 5.74) is 4.53. The zero-order chi connectivity index (χ0) is 23.9. The Hall–Kier alpha value is -4.19. The molecule has 1 unspecified atom stereocenters. The molecule has 6 heteroatoms. The maximum atomic E-state index is 13.6. The average molecular weight is 453 g/mol. The number of hydrogen-bond donors (Lipinski definition) is 1. The van der Waals surface area contributed by atoms with Gasteiger partial charge < -0.3 is 10.2 Å². The van der Waals surface area contributed by atoms with E-state index in [0.29, 0.717) is 12.2 Å². The Labute approximate surface area is 199 Å². The summed E-state index contributed by atoms with van der Waals surface area (Å²) in [4.78, 5) is 26.9. The van der Waals surface area contributed by atoms with Crippen molar-refractivity contribution in [1.29, 1.82) is 0 Å². The van der Waals surface area contributed by atoms with E-state index in [1.165, 1.54) is 6.92 Å². The van der Waals surface area contributed by atoms with Gasteiger partial charge in [-0.2, -0.15) is 5.10 Å². The molecular weight excluding hydrogens is 424 g/mol. The van der Waals surface area contributed by atoms with Crippen molar-refractivity contribution < 1.29 is 9.59 Å². The smallest absolute Gasteiger partial charge is 0.227 e. The van der Waals surface area contributed by atoms with Crippen LogP contribution in [0, 0.1) is 0 Å². The summed E-state index contributed by atoms with van der Waals surface area (Å²) in [5.74, 6) is -0.119. The molecule has 0 aliphatic heterocycles. The van der Waals surface area contributed by atoms with Crippen LogP contribution < -0.4 is 5.32 Å². The zero-order valence-corrected chi connectivity index (χ0v) is 19.4. The lowest BCUT2D eigenvalue weighted by atomic mass is 10.0. The van der Waals surface area contributed by atoms with E-state index < -0.39 is 0 Å². The van der Waals surface area contributed by atoms with E-state index in [-0.39, 0.29) is 24.3 Å². The van der Waals surface area contributed by atoms with Gasteiger partial charge in [0.15, 0.2) is 0 Å². The SMILES string of the molecule is CC(=O)Nc1cccc(C(C)N(Cc2ccccc2)C(=O)Cc2cnn(-c3ccccc3)c2)c1. The number of nitrogens with one attached hydrogen (secondary N) is 1. The maximum Gasteiger partial charge on any atom is 0.227 e. The van der Waals surface area contributed by atoms with Gasteiger partial charge in [-0.05, 0) is 47.9 Å². The summed E-state index contributed by atoms with van der Waals surface area (Å²) in [5, 5.41) is 7.25. The lowest BCUT2D eigenvalue weighted by molar-refractivity contribution is -0.133. The minimum absolute atomic E-state index is 0.00824. The fourth-order valence-electron chi connectivity index (χ4n) is 3.93. The first kappa shape index (κ1) is 23.0. The van der Waals surface area contributed by atoms with Crippen molar-refractivity contribution in [2.24, 2.45) is 0 Å². The van der Waals surface area contributed by atoms with Crippen LogP contribution in [0.1, 0.15) is 36.6 Å². The number of amides is 2. The van der Waals surface area contributed by atoms with Gasteiger partial charge in [0.2, 0.25) is 11.8 Å². The predicted octanol–water partition coefficient (Wildman–Crippen LogP) is 5.16. The molecule has 0 radical (unpaired) electrons. The van der Waals surface area contributed by atoms with Gasteiger partial charge in [-0.3, -0.25) is 9.59 Å². The highest BCUT2D eigenvalue weighted by atomic mass is 16.2. The molecule has 0 spiro atoms. The molecule has 6 nitrogen and oxygen atoms in total. The van der Waals surface area contributed by atoms with E-state index in [1.807, 2.05) is 103 Å². The molecule has 1 atom stereocenters. The molecule has 1 aromatic heterocycles. The van der Waals surface area contributed by atoms with Gasteiger partial charge in [-0.1, -0.05) is 60.7 Å². The summed E-state index contributed by atoms with van der Waals surface area (Å²) in [6.07, 6.45) is 3.89. The Morgan fingerprint density at radius 3 is 2.35 bits per heavy atom. The lowest BCUT2D eigenvalue weighted by Gasteiger charge is -2.30. The van der Waals surface area contributed by atoms with Crippen molar-refractivity contribution in [3.05, 3.63) is 114 Å². The minimum atomic E-state index is -0.189. The molecule has 2 amide bonds. The zero-order valence-electron chi connectivity index (χ0n) is 19.4. The summed E-state index contributed by atoms with van der Waals surface area (Å²) >= 11 is 0. The normalized spacial score (nSPS) is 11.6. The second-order valence-electron chi connectivity index (χ2n) is 8.30. The Morgan fingerprint density at radius 2 is 1.65 bits per heavy atom. The van der Waals surface area contributed by atoms with Crippen LogP contribution in [0.15, 0.2) is 97.3 Å². The molecule has 0 saturated carbocycles. The van der Waals surface area contributed by atoms with E-state index in [1.54, 1.807) is 10.9 Å². The molecular formula is C28H28N4O2. The number of hydrogen-bond acceptors (Lipinski definition) is 3. The first-order valence-electron chi connectivity index (χ1n) is 11.3. The van der Waals surface area contributed by atoms with Crippen LogP contribution in [-0.2, 0) is 22.6 Å². The highest BCUT2D eigenvalue weighted by Crippen LogP contribution is 2.26. The fourth-order valence-corrected chi connectivity index (χ4v) is 3.93. The number of para-hydroxylation sites is 1. The van der Waals surface area contributed by atoms with Crippen molar-refractivity contribution in [2.75, 3.05) is 5.32 Å². The predicted molar refractivity (Wildman–Crippen MR) is 133 cm³/mol. The van der Waals surface area contributed by atoms with Crippen LogP contribution in [0.4, 0.5) is 5.69 Å². The minimum Gasteiger partial charge on any atom is -0.331 e. The molecule has 0 fully saturated rings. The molecule has 0 aliphatic carbocycles. The van der Waals surface area contributed by atoms with Crippen molar-refractivity contribution >= 4 is 17.5 Å². The molecule has 0 saturated heterocycles. The number of rotatable bonds is 8. The third kappa shape index (κ3) is 5.78. The third-order valence-electron chi connectivity index (χ3n) is 5.69. The van der Waals surface area contributed by atoms with E-state index in [9.17, 15) is 9.59 Å². The van der Waals surface area contributed by atoms with Gasteiger partial charge in [-0.15, -0.1) is 0 Å². The largest absolute Gasteiger partial charge is 0.331 e. The summed E-state index contributed by atoms with van der Waals surface area (Å²) in [6.45, 7) is 3.98. The molecule has 172 valence electrons. The molecule has 34 heavy (non-hydrogen) atoms. The first-order valence-corrected chi connectivity index (χ1v) is 11.3. The third-order valence-corrected chi connectivity index (χ3v) is 5.69. The Morgan fingerprint density at radius 1 is 0.941 bits per heavy atom. The van der Waals surface area contributed by atoms with Crippen molar-refractivity contribution in [3.63, 3.8) is 0 Å². The van der Waals surface area contributed by atoms with Crippen molar-refractivity contribution in [2.45, 2.75) is 32.9 Å². The highest BCUT2D eigenvalue weighted by Gasteiger charge is 2.23. The van der Waals surface area contributed by atoms with E-state index in [2.05, 4.69) is 10.4 Å². The Kier molecular flexibility index (Phi) is 7.18. The Bertz CT molecular complexity index is 1250. The highest BCUT2D eigenvalue weighted by molar-refractivity contribution is 5.88. The van der Waals surface area contributed by atoms with Crippen molar-refractivity contribution in [1.82, 2.24) is 14.7 Å². The van der Waals surface area contributed by atoms with Gasteiger partial charge >= 0.3 is 0 Å². The monoisotopic (exact) mass is 452 g/mol. The molecule has 4 aromatic rings. The fraction of sp³-hybridized carbons (Fsp3) is 0.179. The van der Waals surface area contributed by atoms with Gasteiger partial charge in [0.1, 0.15) is 0 Å². The second kappa shape index (κ2) is 10.6. The lowest BCUT2D eigenvalue weighted by Crippen LogP contribution is -2.34. The second-order valence-corrected chi connectivity index (χ2v) is 8.30. The van der Waals surface area contributed by atoms with Crippen LogP contribution in [0.2, 0.25) is 0 Å². The number of benzene rings is 3. The number of nitrogens with zero attached hydrogens (tertiary/aromatic N) is 3. The van der Waals surface area contributed by atoms with Crippen LogP contribution in [0.5, 0.6) is 0 Å². The standard InChI is InChI=1S/C28H28N4O2/c1-21(25-12-9-13-26(17-25)30-22(2)33)31(19-23-10-5-3-6-11-23)28(34)16-24-18-29-32(20-24)27-14-7-4-8-15-27/h3-15,17-18,20-21H,16,19H2,1-2H3,(H,30,33). The molecule has 1 N–H and O–H groups in total. The number of carbonyl (C=O) groups is 2. The van der Waals surface area contributed by atoms with Gasteiger partial charge in [0.05, 0.1) is 24.3 Å². The van der Waals surface area contributed by atoms with Gasteiger partial charge in [0.25, 0.3) is 0 Å². The Balaban J connectivity index is 1.58. The van der Waals surface area contributed by atoms with Crippen LogP contribution >= 0.6 is 0 Å². The quantitative estimate of drug-likeness (QED) is 0.401. The van der Waals surface area contributed by atoms with E-state index in [0.717, 1.165) is 22.4 Å². The molecule has 4 rings (SSSR count). The average Bonchev–Trinajstić information content (AvgIpc) is 3.31. The summed E-state index contributed by atoms with van der Waals surface area (Å²) < 4.78 is 1.78. The molecule has 0 bridgehead atoms. The van der Waals surface area contributed by atoms with Crippen LogP contribution in [0.3, 0.4) is 0 Å². The van der Waals surface area contributed by atoms with E-state index in [4.69, 9.17) is 0 Å². The number of carbonyl (C=O) groups excluding carboxylic acids is 2. The van der Waals surface area contributed by atoms with Crippen LogP contribution in [-0.4, -0.2) is 26.5 Å². The molecule has 0 aliphatic rings. The molecule has 3 aromatic carbocycles. The maximum absolute atomic E-state index is 13.6. The van der Waals surface area contributed by atoms with Crippen molar-refractivity contribution in [3.8, 4) is 5.69 Å². The van der Waals surface area contributed by atoms with Gasteiger partial charge in [0, 0.05) is 25.4 Å². The summed E-state index contributed by atoms with van der Waals surface area (Å²) in [7, 11) is 0. The van der Waals surface area contributed by atoms with Gasteiger partial charge in [-0.25, -0.2) is 4.68 Å². The summed E-state index contributed by atoms with van der Waals surface area (Å²) in [6, 6.07) is 27.2. The van der Waals surface area contributed by atoms with E-state index >= 15 is 0 Å². The number of anilines is 1. The topological polar surface area (TPSA) is 67.2 Å². The molecule has 1 heterocycles. The first-order chi connectivity index (χ1) is 16.5. The van der Waals surface area contributed by atoms with Crippen LogP contribution in [0.25, 0.3) is 5.69 Å².